The zero-order valence-corrected chi connectivity index (χ0v) is 15.0. The number of anilines is 2. The lowest BCUT2D eigenvalue weighted by molar-refractivity contribution is -0.892. The van der Waals surface area contributed by atoms with E-state index in [-0.39, 0.29) is 5.91 Å². The fourth-order valence-corrected chi connectivity index (χ4v) is 3.39. The maximum Gasteiger partial charge on any atom is 0.279 e. The number of quaternary nitrogens is 1. The fraction of sp³-hybridized carbons (Fsp3) is 0.316. The minimum absolute atomic E-state index is 0.0106. The van der Waals surface area contributed by atoms with Gasteiger partial charge in [-0.05, 0) is 42.8 Å². The van der Waals surface area contributed by atoms with Crippen LogP contribution in [0.5, 0.6) is 5.75 Å². The topological polar surface area (TPSA) is 57.0 Å². The van der Waals surface area contributed by atoms with Gasteiger partial charge in [0.1, 0.15) is 5.75 Å². The largest absolute Gasteiger partial charge is 0.506 e. The van der Waals surface area contributed by atoms with Gasteiger partial charge in [0.05, 0.1) is 31.9 Å². The van der Waals surface area contributed by atoms with Crippen LogP contribution in [0.25, 0.3) is 0 Å². The van der Waals surface area contributed by atoms with Crippen molar-refractivity contribution in [2.75, 3.05) is 42.9 Å². The number of benzene rings is 2. The van der Waals surface area contributed by atoms with Crippen molar-refractivity contribution < 1.29 is 14.8 Å². The standard InChI is InChI=1S/C19H22ClN3O2/c1-14-12-15(20)6-7-16(14)21-19(25)13-22-8-10-23(11-9-22)17-4-2-3-5-18(17)24/h2-7,12,24H,8-11,13H2,1H3,(H,21,25)/p+1. The summed E-state index contributed by atoms with van der Waals surface area (Å²) in [4.78, 5) is 15.7. The average Bonchev–Trinajstić information content (AvgIpc) is 2.59. The molecule has 1 aliphatic heterocycles. The first-order valence-corrected chi connectivity index (χ1v) is 8.83. The van der Waals surface area contributed by atoms with Crippen LogP contribution in [0.1, 0.15) is 5.56 Å². The molecule has 6 heteroatoms. The van der Waals surface area contributed by atoms with Gasteiger partial charge in [-0.15, -0.1) is 0 Å². The van der Waals surface area contributed by atoms with Crippen LogP contribution in [0.15, 0.2) is 42.5 Å². The fourth-order valence-electron chi connectivity index (χ4n) is 3.16. The lowest BCUT2D eigenvalue weighted by Gasteiger charge is -2.33. The van der Waals surface area contributed by atoms with Gasteiger partial charge in [-0.3, -0.25) is 4.79 Å². The van der Waals surface area contributed by atoms with Crippen LogP contribution in [-0.4, -0.2) is 43.7 Å². The lowest BCUT2D eigenvalue weighted by atomic mass is 10.2. The van der Waals surface area contributed by atoms with Crippen molar-refractivity contribution in [3.8, 4) is 5.75 Å². The first kappa shape index (κ1) is 17.6. The van der Waals surface area contributed by atoms with Gasteiger partial charge in [0.15, 0.2) is 6.54 Å². The maximum absolute atomic E-state index is 12.3. The minimum atomic E-state index is 0.0106. The highest BCUT2D eigenvalue weighted by Gasteiger charge is 2.23. The van der Waals surface area contributed by atoms with Crippen LogP contribution in [0.4, 0.5) is 11.4 Å². The highest BCUT2D eigenvalue weighted by Crippen LogP contribution is 2.26. The molecule has 0 aliphatic carbocycles. The number of amides is 1. The van der Waals surface area contributed by atoms with Gasteiger partial charge in [0.2, 0.25) is 0 Å². The molecule has 132 valence electrons. The van der Waals surface area contributed by atoms with Gasteiger partial charge >= 0.3 is 0 Å². The molecule has 3 N–H and O–H groups in total. The van der Waals surface area contributed by atoms with E-state index in [0.29, 0.717) is 17.3 Å². The third-order valence-electron chi connectivity index (χ3n) is 4.57. The molecule has 0 atom stereocenters. The number of para-hydroxylation sites is 2. The van der Waals surface area contributed by atoms with E-state index in [0.717, 1.165) is 43.1 Å². The first-order chi connectivity index (χ1) is 12.0. The third kappa shape index (κ3) is 4.44. The van der Waals surface area contributed by atoms with E-state index in [1.807, 2.05) is 37.3 Å². The summed E-state index contributed by atoms with van der Waals surface area (Å²) < 4.78 is 0. The van der Waals surface area contributed by atoms with E-state index in [2.05, 4.69) is 10.2 Å². The van der Waals surface area contributed by atoms with E-state index in [1.165, 1.54) is 4.90 Å². The molecule has 0 aromatic heterocycles. The smallest absolute Gasteiger partial charge is 0.279 e. The van der Waals surface area contributed by atoms with Gasteiger partial charge in [-0.1, -0.05) is 23.7 Å². The molecule has 0 bridgehead atoms. The summed E-state index contributed by atoms with van der Waals surface area (Å²) in [6.45, 7) is 5.74. The maximum atomic E-state index is 12.3. The molecule has 0 saturated carbocycles. The number of carbonyl (C=O) groups excluding carboxylic acids is 1. The van der Waals surface area contributed by atoms with E-state index in [1.54, 1.807) is 12.1 Å². The van der Waals surface area contributed by atoms with Crippen molar-refractivity contribution in [3.05, 3.63) is 53.1 Å². The number of piperazine rings is 1. The van der Waals surface area contributed by atoms with E-state index < -0.39 is 0 Å². The van der Waals surface area contributed by atoms with Gasteiger partial charge in [-0.2, -0.15) is 0 Å². The van der Waals surface area contributed by atoms with Crippen LogP contribution in [-0.2, 0) is 4.79 Å². The second-order valence-electron chi connectivity index (χ2n) is 6.41. The lowest BCUT2D eigenvalue weighted by Crippen LogP contribution is -3.15. The molecule has 5 nitrogen and oxygen atoms in total. The SMILES string of the molecule is Cc1cc(Cl)ccc1NC(=O)C[NH+]1CCN(c2ccccc2O)CC1. The summed E-state index contributed by atoms with van der Waals surface area (Å²) in [5, 5.41) is 13.6. The Morgan fingerprint density at radius 2 is 1.96 bits per heavy atom. The summed E-state index contributed by atoms with van der Waals surface area (Å²) in [6, 6.07) is 12.8. The number of rotatable bonds is 4. The Bertz CT molecular complexity index is 758. The molecule has 25 heavy (non-hydrogen) atoms. The highest BCUT2D eigenvalue weighted by atomic mass is 35.5. The molecule has 1 amide bonds. The Morgan fingerprint density at radius 1 is 1.24 bits per heavy atom. The summed E-state index contributed by atoms with van der Waals surface area (Å²) in [6.07, 6.45) is 0. The monoisotopic (exact) mass is 360 g/mol. The van der Waals surface area contributed by atoms with Crippen molar-refractivity contribution in [1.29, 1.82) is 0 Å². The number of halogens is 1. The number of hydrogen-bond donors (Lipinski definition) is 3. The molecule has 1 heterocycles. The number of aryl methyl sites for hydroxylation is 1. The zero-order chi connectivity index (χ0) is 17.8. The summed E-state index contributed by atoms with van der Waals surface area (Å²) >= 11 is 5.95. The molecule has 0 radical (unpaired) electrons. The Labute approximate surface area is 152 Å². The van der Waals surface area contributed by atoms with Crippen molar-refractivity contribution in [2.45, 2.75) is 6.92 Å². The number of phenols is 1. The van der Waals surface area contributed by atoms with Crippen LogP contribution >= 0.6 is 11.6 Å². The molecule has 1 fully saturated rings. The second-order valence-corrected chi connectivity index (χ2v) is 6.85. The zero-order valence-electron chi connectivity index (χ0n) is 14.3. The number of phenolic OH excluding ortho intramolecular Hbond substituents is 1. The van der Waals surface area contributed by atoms with Gasteiger partial charge < -0.3 is 20.2 Å². The van der Waals surface area contributed by atoms with E-state index in [4.69, 9.17) is 11.6 Å². The summed E-state index contributed by atoms with van der Waals surface area (Å²) in [7, 11) is 0. The number of carbonyl (C=O) groups is 1. The minimum Gasteiger partial charge on any atom is -0.506 e. The molecule has 3 rings (SSSR count). The number of hydrogen-bond acceptors (Lipinski definition) is 3. The van der Waals surface area contributed by atoms with Crippen molar-refractivity contribution in [2.24, 2.45) is 0 Å². The van der Waals surface area contributed by atoms with Crippen LogP contribution in [0.2, 0.25) is 5.02 Å². The highest BCUT2D eigenvalue weighted by molar-refractivity contribution is 6.30. The second kappa shape index (κ2) is 7.76. The Balaban J connectivity index is 1.52. The molecule has 2 aromatic carbocycles. The molecule has 2 aromatic rings. The van der Waals surface area contributed by atoms with Crippen LogP contribution < -0.4 is 15.1 Å². The normalized spacial score (nSPS) is 15.2. The van der Waals surface area contributed by atoms with Crippen molar-refractivity contribution in [3.63, 3.8) is 0 Å². The third-order valence-corrected chi connectivity index (χ3v) is 4.80. The average molecular weight is 361 g/mol. The Morgan fingerprint density at radius 3 is 2.64 bits per heavy atom. The predicted molar refractivity (Wildman–Crippen MR) is 101 cm³/mol. The van der Waals surface area contributed by atoms with Crippen molar-refractivity contribution in [1.82, 2.24) is 0 Å². The van der Waals surface area contributed by atoms with E-state index in [9.17, 15) is 9.90 Å². The molecule has 0 unspecified atom stereocenters. The summed E-state index contributed by atoms with van der Waals surface area (Å²) in [5.74, 6) is 0.318. The molecule has 0 spiro atoms. The first-order valence-electron chi connectivity index (χ1n) is 8.45. The quantitative estimate of drug-likeness (QED) is 0.778. The van der Waals surface area contributed by atoms with Crippen molar-refractivity contribution >= 4 is 28.9 Å². The predicted octanol–water partition coefficient (Wildman–Crippen LogP) is 1.70. The van der Waals surface area contributed by atoms with Gasteiger partial charge in [0.25, 0.3) is 5.91 Å². The number of nitrogens with one attached hydrogen (secondary N) is 2. The summed E-state index contributed by atoms with van der Waals surface area (Å²) in [5.41, 5.74) is 2.63. The number of aromatic hydroxyl groups is 1. The van der Waals surface area contributed by atoms with Gasteiger partial charge in [-0.25, -0.2) is 0 Å². The Hall–Kier alpha value is -2.24. The number of nitrogens with zero attached hydrogens (tertiary/aromatic N) is 1. The Kier molecular flexibility index (Phi) is 5.46. The van der Waals surface area contributed by atoms with E-state index >= 15 is 0 Å². The van der Waals surface area contributed by atoms with Crippen LogP contribution in [0.3, 0.4) is 0 Å². The van der Waals surface area contributed by atoms with Gasteiger partial charge in [0, 0.05) is 10.7 Å². The molecular weight excluding hydrogens is 338 g/mol. The molecule has 1 aliphatic rings. The molecular formula is C19H23ClN3O2+. The van der Waals surface area contributed by atoms with Crippen LogP contribution in [0, 0.1) is 6.92 Å². The molecule has 1 saturated heterocycles.